The smallest absolute Gasteiger partial charge is 0.164 e. The molecular formula is C51H31N3OS. The number of para-hydroxylation sites is 1. The second-order valence-electron chi connectivity index (χ2n) is 14.0. The summed E-state index contributed by atoms with van der Waals surface area (Å²) in [7, 11) is 0. The number of hydrogen-bond donors (Lipinski definition) is 0. The van der Waals surface area contributed by atoms with E-state index in [1.165, 1.54) is 42.4 Å². The highest BCUT2D eigenvalue weighted by molar-refractivity contribution is 7.26. The van der Waals surface area contributed by atoms with Crippen LogP contribution in [0, 0.1) is 0 Å². The van der Waals surface area contributed by atoms with Gasteiger partial charge in [-0.3, -0.25) is 0 Å². The van der Waals surface area contributed by atoms with Crippen molar-refractivity contribution in [3.63, 3.8) is 0 Å². The molecule has 262 valence electrons. The molecule has 0 saturated carbocycles. The Hall–Kier alpha value is -7.21. The number of thiophene rings is 1. The van der Waals surface area contributed by atoms with Gasteiger partial charge in [0.05, 0.1) is 0 Å². The fraction of sp³-hybridized carbons (Fsp3) is 0. The fourth-order valence-corrected chi connectivity index (χ4v) is 9.01. The van der Waals surface area contributed by atoms with Crippen molar-refractivity contribution in [1.29, 1.82) is 0 Å². The maximum absolute atomic E-state index is 6.28. The molecule has 0 saturated heterocycles. The van der Waals surface area contributed by atoms with Crippen molar-refractivity contribution in [2.24, 2.45) is 0 Å². The van der Waals surface area contributed by atoms with Crippen LogP contribution in [0.5, 0.6) is 0 Å². The summed E-state index contributed by atoms with van der Waals surface area (Å²) in [5, 5.41) is 4.72. The second kappa shape index (κ2) is 13.3. The van der Waals surface area contributed by atoms with Gasteiger partial charge in [-0.05, 0) is 57.6 Å². The fourth-order valence-electron chi connectivity index (χ4n) is 7.84. The van der Waals surface area contributed by atoms with Gasteiger partial charge in [-0.2, -0.15) is 0 Å². The van der Waals surface area contributed by atoms with Crippen LogP contribution in [0.1, 0.15) is 0 Å². The molecule has 56 heavy (non-hydrogen) atoms. The van der Waals surface area contributed by atoms with Gasteiger partial charge in [-0.15, -0.1) is 11.3 Å². The number of aromatic nitrogens is 3. The van der Waals surface area contributed by atoms with Gasteiger partial charge < -0.3 is 4.42 Å². The molecule has 5 heteroatoms. The third-order valence-corrected chi connectivity index (χ3v) is 11.7. The normalized spacial score (nSPS) is 11.6. The first-order chi connectivity index (χ1) is 27.7. The second-order valence-corrected chi connectivity index (χ2v) is 15.0. The Morgan fingerprint density at radius 3 is 1.45 bits per heavy atom. The number of benzene rings is 8. The zero-order chi connectivity index (χ0) is 37.0. The molecule has 11 rings (SSSR count). The van der Waals surface area contributed by atoms with E-state index in [1.807, 2.05) is 24.3 Å². The minimum absolute atomic E-state index is 0.635. The van der Waals surface area contributed by atoms with Crippen LogP contribution < -0.4 is 0 Å². The van der Waals surface area contributed by atoms with Crippen LogP contribution in [-0.4, -0.2) is 15.0 Å². The Kier molecular flexibility index (Phi) is 7.64. The van der Waals surface area contributed by atoms with Crippen molar-refractivity contribution in [2.75, 3.05) is 0 Å². The third kappa shape index (κ3) is 5.56. The first-order valence-corrected chi connectivity index (χ1v) is 19.5. The lowest BCUT2D eigenvalue weighted by molar-refractivity contribution is 0.669. The van der Waals surface area contributed by atoms with Crippen LogP contribution in [0.25, 0.3) is 110 Å². The van der Waals surface area contributed by atoms with Gasteiger partial charge in [0.25, 0.3) is 0 Å². The Morgan fingerprint density at radius 1 is 0.321 bits per heavy atom. The number of rotatable bonds is 6. The topological polar surface area (TPSA) is 51.8 Å². The molecule has 8 aromatic carbocycles. The van der Waals surface area contributed by atoms with Gasteiger partial charge in [0.2, 0.25) is 0 Å². The Labute approximate surface area is 327 Å². The molecule has 3 aromatic heterocycles. The highest BCUT2D eigenvalue weighted by Gasteiger charge is 2.18. The van der Waals surface area contributed by atoms with Gasteiger partial charge in [0.1, 0.15) is 11.2 Å². The molecule has 3 heterocycles. The van der Waals surface area contributed by atoms with Crippen molar-refractivity contribution < 1.29 is 4.42 Å². The molecule has 0 spiro atoms. The van der Waals surface area contributed by atoms with Crippen LogP contribution in [0.3, 0.4) is 0 Å². The maximum atomic E-state index is 6.28. The molecule has 0 amide bonds. The summed E-state index contributed by atoms with van der Waals surface area (Å²) in [4.78, 5) is 15.3. The molecule has 0 aliphatic heterocycles. The van der Waals surface area contributed by atoms with E-state index >= 15 is 0 Å². The average Bonchev–Trinajstić information content (AvgIpc) is 3.85. The highest BCUT2D eigenvalue weighted by Crippen LogP contribution is 2.44. The summed E-state index contributed by atoms with van der Waals surface area (Å²) in [6, 6.07) is 65.6. The van der Waals surface area contributed by atoms with Crippen LogP contribution in [-0.2, 0) is 0 Å². The summed E-state index contributed by atoms with van der Waals surface area (Å²) < 4.78 is 8.69. The van der Waals surface area contributed by atoms with Gasteiger partial charge in [-0.1, -0.05) is 164 Å². The van der Waals surface area contributed by atoms with Gasteiger partial charge in [0, 0.05) is 47.6 Å². The molecule has 0 N–H and O–H groups in total. The molecule has 0 bridgehead atoms. The van der Waals surface area contributed by atoms with Crippen molar-refractivity contribution >= 4 is 53.4 Å². The SMILES string of the molecule is c1ccc(-c2ccc(-c3nc(-c4ccc(-c5ccccc5)cc4)nc(-c4ccc5c(c4)sc4cccc(-c6cccc7oc8ccccc8c67)c45)n3)cc2)cc1. The highest BCUT2D eigenvalue weighted by atomic mass is 32.1. The van der Waals surface area contributed by atoms with E-state index in [1.54, 1.807) is 11.3 Å². The molecule has 0 aliphatic rings. The minimum atomic E-state index is 0.635. The van der Waals surface area contributed by atoms with Crippen LogP contribution >= 0.6 is 11.3 Å². The molecule has 0 aliphatic carbocycles. The average molecular weight is 734 g/mol. The zero-order valence-electron chi connectivity index (χ0n) is 30.1. The van der Waals surface area contributed by atoms with Crippen LogP contribution in [0.2, 0.25) is 0 Å². The van der Waals surface area contributed by atoms with E-state index in [2.05, 4.69) is 164 Å². The Bertz CT molecular complexity index is 3120. The first kappa shape index (κ1) is 32.2. The standard InChI is InChI=1S/C51H31N3OS/c1-3-11-32(12-4-1)34-21-25-36(26-22-34)49-52-50(37-27-23-35(24-28-37)33-13-5-2-6-14-33)54-51(53-49)38-29-30-42-46(31-38)56-45-20-10-17-40(48(42)45)39-16-9-19-44-47(39)41-15-7-8-18-43(41)55-44/h1-31H. The Morgan fingerprint density at radius 2 is 0.804 bits per heavy atom. The van der Waals surface area contributed by atoms with Crippen molar-refractivity contribution in [1.82, 2.24) is 15.0 Å². The number of nitrogens with zero attached hydrogens (tertiary/aromatic N) is 3. The summed E-state index contributed by atoms with van der Waals surface area (Å²) in [5.74, 6) is 1.91. The molecule has 11 aromatic rings. The monoisotopic (exact) mass is 733 g/mol. The molecule has 0 fully saturated rings. The van der Waals surface area contributed by atoms with Gasteiger partial charge in [-0.25, -0.2) is 15.0 Å². The molecule has 0 radical (unpaired) electrons. The van der Waals surface area contributed by atoms with Crippen LogP contribution in [0.15, 0.2) is 192 Å². The predicted molar refractivity (Wildman–Crippen MR) is 233 cm³/mol. The number of hydrogen-bond acceptors (Lipinski definition) is 5. The van der Waals surface area contributed by atoms with Crippen molar-refractivity contribution in [2.45, 2.75) is 0 Å². The van der Waals surface area contributed by atoms with E-state index in [0.29, 0.717) is 17.5 Å². The van der Waals surface area contributed by atoms with E-state index in [-0.39, 0.29) is 0 Å². The zero-order valence-corrected chi connectivity index (χ0v) is 30.9. The van der Waals surface area contributed by atoms with Crippen molar-refractivity contribution in [3.8, 4) is 67.5 Å². The third-order valence-electron chi connectivity index (χ3n) is 10.6. The van der Waals surface area contributed by atoms with Crippen LogP contribution in [0.4, 0.5) is 0 Å². The largest absolute Gasteiger partial charge is 0.456 e. The number of fused-ring (bicyclic) bond motifs is 6. The summed E-state index contributed by atoms with van der Waals surface area (Å²) in [6.45, 7) is 0. The summed E-state index contributed by atoms with van der Waals surface area (Å²) >= 11 is 1.80. The number of furan rings is 1. The lowest BCUT2D eigenvalue weighted by atomic mass is 9.95. The molecule has 4 nitrogen and oxygen atoms in total. The molecule has 0 atom stereocenters. The first-order valence-electron chi connectivity index (χ1n) is 18.7. The maximum Gasteiger partial charge on any atom is 0.164 e. The molecule has 0 unspecified atom stereocenters. The quantitative estimate of drug-likeness (QED) is 0.171. The van der Waals surface area contributed by atoms with Crippen molar-refractivity contribution in [3.05, 3.63) is 188 Å². The lowest BCUT2D eigenvalue weighted by Crippen LogP contribution is -2.00. The van der Waals surface area contributed by atoms with Gasteiger partial charge in [0.15, 0.2) is 17.5 Å². The Balaban J connectivity index is 1.04. The van der Waals surface area contributed by atoms with Gasteiger partial charge >= 0.3 is 0 Å². The summed E-state index contributed by atoms with van der Waals surface area (Å²) in [6.07, 6.45) is 0. The minimum Gasteiger partial charge on any atom is -0.456 e. The predicted octanol–water partition coefficient (Wildman–Crippen LogP) is 14.1. The molecular weight excluding hydrogens is 703 g/mol. The van der Waals surface area contributed by atoms with E-state index in [0.717, 1.165) is 49.8 Å². The van der Waals surface area contributed by atoms with E-state index in [9.17, 15) is 0 Å². The summed E-state index contributed by atoms with van der Waals surface area (Å²) in [5.41, 5.74) is 11.6. The van der Waals surface area contributed by atoms with E-state index in [4.69, 9.17) is 19.4 Å². The lowest BCUT2D eigenvalue weighted by Gasteiger charge is -2.10. The van der Waals surface area contributed by atoms with E-state index < -0.39 is 0 Å².